The first kappa shape index (κ1) is 21.2. The number of anilines is 2. The average molecular weight is 483 g/mol. The quantitative estimate of drug-likeness (QED) is 0.361. The molecule has 1 aliphatic heterocycles. The molecule has 35 heavy (non-hydrogen) atoms. The molecule has 0 spiro atoms. The van der Waals surface area contributed by atoms with Crippen molar-refractivity contribution in [1.29, 1.82) is 0 Å². The van der Waals surface area contributed by atoms with Crippen LogP contribution >= 0.6 is 0 Å². The highest BCUT2D eigenvalue weighted by molar-refractivity contribution is 7.94. The smallest absolute Gasteiger partial charge is 0.247 e. The maximum absolute atomic E-state index is 13.7. The van der Waals surface area contributed by atoms with E-state index in [1.165, 1.54) is 8.61 Å². The van der Waals surface area contributed by atoms with Crippen molar-refractivity contribution in [2.75, 3.05) is 8.61 Å². The zero-order valence-electron chi connectivity index (χ0n) is 18.7. The summed E-state index contributed by atoms with van der Waals surface area (Å²) in [6.07, 6.45) is 7.19. The van der Waals surface area contributed by atoms with E-state index in [4.69, 9.17) is 0 Å². The fraction of sp³-hybridized carbons (Fsp3) is 0.0769. The molecule has 0 atom stereocenters. The molecular formula is C26H22N6O2S. The maximum atomic E-state index is 13.7. The lowest BCUT2D eigenvalue weighted by Gasteiger charge is -2.22. The van der Waals surface area contributed by atoms with Crippen molar-refractivity contribution in [3.63, 3.8) is 0 Å². The molecule has 3 heterocycles. The molecule has 174 valence electrons. The van der Waals surface area contributed by atoms with Crippen LogP contribution in [0.25, 0.3) is 11.4 Å². The van der Waals surface area contributed by atoms with Gasteiger partial charge in [-0.2, -0.15) is 18.6 Å². The minimum Gasteiger partial charge on any atom is -0.247 e. The Bertz CT molecular complexity index is 1430. The SMILES string of the molecule is O=S1(=O)N(Cc2ccc(-n3cccn3)cc2)c2ccccc2N1Cc1ccc(-n2cccn2)cc1. The summed E-state index contributed by atoms with van der Waals surface area (Å²) >= 11 is 0. The Morgan fingerprint density at radius 1 is 0.571 bits per heavy atom. The first-order valence-corrected chi connectivity index (χ1v) is 12.6. The van der Waals surface area contributed by atoms with Crippen molar-refractivity contribution in [3.05, 3.63) is 121 Å². The summed E-state index contributed by atoms with van der Waals surface area (Å²) in [6, 6.07) is 26.7. The molecule has 0 N–H and O–H groups in total. The summed E-state index contributed by atoms with van der Waals surface area (Å²) in [7, 11) is -3.76. The molecule has 9 heteroatoms. The second-order valence-corrected chi connectivity index (χ2v) is 10.0. The van der Waals surface area contributed by atoms with Gasteiger partial charge in [-0.3, -0.25) is 0 Å². The summed E-state index contributed by atoms with van der Waals surface area (Å²) in [6.45, 7) is 0.487. The number of benzene rings is 3. The number of hydrogen-bond acceptors (Lipinski definition) is 4. The maximum Gasteiger partial charge on any atom is 0.327 e. The summed E-state index contributed by atoms with van der Waals surface area (Å²) in [4.78, 5) is 0. The summed E-state index contributed by atoms with van der Waals surface area (Å²) in [5.41, 5.74) is 4.98. The van der Waals surface area contributed by atoms with E-state index in [-0.39, 0.29) is 13.1 Å². The fourth-order valence-corrected chi connectivity index (χ4v) is 5.94. The minimum atomic E-state index is -3.76. The monoisotopic (exact) mass is 482 g/mol. The van der Waals surface area contributed by atoms with Gasteiger partial charge in [0.1, 0.15) is 0 Å². The van der Waals surface area contributed by atoms with Gasteiger partial charge in [0.2, 0.25) is 0 Å². The lowest BCUT2D eigenvalue weighted by atomic mass is 10.1. The van der Waals surface area contributed by atoms with Gasteiger partial charge in [-0.25, -0.2) is 18.0 Å². The van der Waals surface area contributed by atoms with E-state index in [2.05, 4.69) is 10.2 Å². The summed E-state index contributed by atoms with van der Waals surface area (Å²) in [5.74, 6) is 0. The van der Waals surface area contributed by atoms with Crippen LogP contribution in [-0.4, -0.2) is 28.0 Å². The van der Waals surface area contributed by atoms with Crippen LogP contribution < -0.4 is 8.61 Å². The second-order valence-electron chi connectivity index (χ2n) is 8.24. The number of para-hydroxylation sites is 2. The number of rotatable bonds is 6. The molecule has 8 nitrogen and oxygen atoms in total. The lowest BCUT2D eigenvalue weighted by molar-refractivity contribution is 0.588. The van der Waals surface area contributed by atoms with E-state index in [9.17, 15) is 8.42 Å². The Morgan fingerprint density at radius 3 is 1.37 bits per heavy atom. The molecule has 0 bridgehead atoms. The van der Waals surface area contributed by atoms with E-state index < -0.39 is 10.2 Å². The third kappa shape index (κ3) is 3.85. The highest BCUT2D eigenvalue weighted by Gasteiger charge is 2.40. The summed E-state index contributed by atoms with van der Waals surface area (Å²) < 4.78 is 33.9. The second kappa shape index (κ2) is 8.44. The Hall–Kier alpha value is -4.37. The van der Waals surface area contributed by atoms with Gasteiger partial charge in [0.05, 0.1) is 35.8 Å². The Labute approximate surface area is 203 Å². The summed E-state index contributed by atoms with van der Waals surface area (Å²) in [5, 5.41) is 8.48. The molecule has 0 unspecified atom stereocenters. The number of hydrogen-bond donors (Lipinski definition) is 0. The highest BCUT2D eigenvalue weighted by atomic mass is 32.2. The van der Waals surface area contributed by atoms with Crippen LogP contribution in [0.3, 0.4) is 0 Å². The Kier molecular flexibility index (Phi) is 5.11. The molecule has 5 aromatic rings. The molecule has 3 aromatic carbocycles. The lowest BCUT2D eigenvalue weighted by Crippen LogP contribution is -2.37. The molecule has 0 radical (unpaired) electrons. The third-order valence-electron chi connectivity index (χ3n) is 6.04. The van der Waals surface area contributed by atoms with Crippen LogP contribution in [0.5, 0.6) is 0 Å². The zero-order valence-corrected chi connectivity index (χ0v) is 19.5. The predicted octanol–water partition coefficient (Wildman–Crippen LogP) is 4.33. The van der Waals surface area contributed by atoms with Crippen LogP contribution in [0.15, 0.2) is 110 Å². The van der Waals surface area contributed by atoms with Crippen molar-refractivity contribution in [2.45, 2.75) is 13.1 Å². The third-order valence-corrected chi connectivity index (χ3v) is 7.80. The molecule has 6 rings (SSSR count). The van der Waals surface area contributed by atoms with E-state index in [0.29, 0.717) is 11.4 Å². The van der Waals surface area contributed by atoms with Gasteiger partial charge in [-0.1, -0.05) is 36.4 Å². The van der Waals surface area contributed by atoms with Crippen LogP contribution in [-0.2, 0) is 23.3 Å². The first-order chi connectivity index (χ1) is 17.1. The molecule has 2 aromatic heterocycles. The van der Waals surface area contributed by atoms with Gasteiger partial charge in [-0.05, 0) is 59.7 Å². The minimum absolute atomic E-state index is 0.244. The van der Waals surface area contributed by atoms with Crippen LogP contribution in [0.1, 0.15) is 11.1 Å². The van der Waals surface area contributed by atoms with Crippen LogP contribution in [0, 0.1) is 0 Å². The van der Waals surface area contributed by atoms with Gasteiger partial charge in [0.25, 0.3) is 0 Å². The Morgan fingerprint density at radius 2 is 1.00 bits per heavy atom. The number of fused-ring (bicyclic) bond motifs is 1. The van der Waals surface area contributed by atoms with Crippen molar-refractivity contribution in [3.8, 4) is 11.4 Å². The van der Waals surface area contributed by atoms with E-state index in [1.54, 1.807) is 21.8 Å². The van der Waals surface area contributed by atoms with E-state index in [0.717, 1.165) is 22.5 Å². The predicted molar refractivity (Wildman–Crippen MR) is 135 cm³/mol. The molecule has 0 fully saturated rings. The van der Waals surface area contributed by atoms with Gasteiger partial charge in [0, 0.05) is 24.8 Å². The topological polar surface area (TPSA) is 76.3 Å². The molecule has 0 aliphatic carbocycles. The van der Waals surface area contributed by atoms with Crippen molar-refractivity contribution < 1.29 is 8.42 Å². The standard InChI is InChI=1S/C26H22N6O2S/c33-35(34)31(19-21-7-11-23(12-8-21)29-17-3-15-27-29)25-5-1-2-6-26(25)32(35)20-22-9-13-24(14-10-22)30-18-4-16-28-30/h1-18H,19-20H2. The zero-order chi connectivity index (χ0) is 23.8. The van der Waals surface area contributed by atoms with E-state index in [1.807, 2.05) is 97.3 Å². The normalized spacial score (nSPS) is 14.3. The van der Waals surface area contributed by atoms with Gasteiger partial charge < -0.3 is 0 Å². The molecule has 0 saturated heterocycles. The highest BCUT2D eigenvalue weighted by Crippen LogP contribution is 2.42. The molecular weight excluding hydrogens is 460 g/mol. The van der Waals surface area contributed by atoms with Crippen molar-refractivity contribution in [2.24, 2.45) is 0 Å². The number of aromatic nitrogens is 4. The Balaban J connectivity index is 1.27. The van der Waals surface area contributed by atoms with Crippen molar-refractivity contribution in [1.82, 2.24) is 19.6 Å². The van der Waals surface area contributed by atoms with Crippen molar-refractivity contribution >= 4 is 21.6 Å². The van der Waals surface area contributed by atoms with Gasteiger partial charge in [-0.15, -0.1) is 0 Å². The number of nitrogens with zero attached hydrogens (tertiary/aromatic N) is 6. The first-order valence-electron chi connectivity index (χ1n) is 11.2. The van der Waals surface area contributed by atoms with Crippen LogP contribution in [0.4, 0.5) is 11.4 Å². The average Bonchev–Trinajstić information content (AvgIpc) is 3.64. The van der Waals surface area contributed by atoms with Crippen LogP contribution in [0.2, 0.25) is 0 Å². The van der Waals surface area contributed by atoms with Gasteiger partial charge >= 0.3 is 10.2 Å². The molecule has 0 amide bonds. The van der Waals surface area contributed by atoms with E-state index >= 15 is 0 Å². The fourth-order valence-electron chi connectivity index (χ4n) is 4.27. The van der Waals surface area contributed by atoms with Gasteiger partial charge in [0.15, 0.2) is 0 Å². The molecule has 0 saturated carbocycles. The largest absolute Gasteiger partial charge is 0.327 e. The molecule has 1 aliphatic rings.